The fourth-order valence-electron chi connectivity index (χ4n) is 1.11. The second-order valence-electron chi connectivity index (χ2n) is 3.01. The number of aryl methyl sites for hydroxylation is 1. The number of hydrogen-bond acceptors (Lipinski definition) is 3. The second-order valence-corrected chi connectivity index (χ2v) is 3.01. The van der Waals surface area contributed by atoms with Gasteiger partial charge in [0.2, 0.25) is 0 Å². The van der Waals surface area contributed by atoms with Gasteiger partial charge in [-0.25, -0.2) is 0 Å². The average Bonchev–Trinajstić information content (AvgIpc) is 2.15. The minimum atomic E-state index is -0.958. The van der Waals surface area contributed by atoms with E-state index in [0.717, 1.165) is 5.56 Å². The van der Waals surface area contributed by atoms with Gasteiger partial charge in [-0.1, -0.05) is 0 Å². The zero-order chi connectivity index (χ0) is 10.6. The lowest BCUT2D eigenvalue weighted by atomic mass is 10.0. The van der Waals surface area contributed by atoms with E-state index < -0.39 is 5.97 Å². The highest BCUT2D eigenvalue weighted by molar-refractivity contribution is 5.98. The lowest BCUT2D eigenvalue weighted by molar-refractivity contribution is -0.136. The number of pyridine rings is 1. The number of rotatable bonds is 4. The molecule has 0 aliphatic rings. The van der Waals surface area contributed by atoms with Crippen LogP contribution in [-0.2, 0) is 4.79 Å². The first kappa shape index (κ1) is 10.4. The Bertz CT molecular complexity index is 360. The van der Waals surface area contributed by atoms with Gasteiger partial charge in [0, 0.05) is 24.4 Å². The summed E-state index contributed by atoms with van der Waals surface area (Å²) in [4.78, 5) is 25.5. The van der Waals surface area contributed by atoms with E-state index in [9.17, 15) is 9.59 Å². The Balaban J connectivity index is 2.70. The molecule has 0 atom stereocenters. The third kappa shape index (κ3) is 2.65. The Hall–Kier alpha value is -1.71. The van der Waals surface area contributed by atoms with Crippen LogP contribution in [0.3, 0.4) is 0 Å². The van der Waals surface area contributed by atoms with Crippen molar-refractivity contribution < 1.29 is 14.7 Å². The smallest absolute Gasteiger partial charge is 0.303 e. The molecule has 1 rings (SSSR count). The number of carboxylic acids is 1. The van der Waals surface area contributed by atoms with Crippen molar-refractivity contribution in [1.82, 2.24) is 4.98 Å². The number of aliphatic carboxylic acids is 1. The van der Waals surface area contributed by atoms with Crippen LogP contribution in [0.1, 0.15) is 28.8 Å². The van der Waals surface area contributed by atoms with E-state index in [2.05, 4.69) is 4.98 Å². The summed E-state index contributed by atoms with van der Waals surface area (Å²) in [5, 5.41) is 8.41. The first-order valence-electron chi connectivity index (χ1n) is 4.27. The number of Topliss-reactive ketones (excluding diaryl/α,β-unsaturated/α-hetero) is 1. The summed E-state index contributed by atoms with van der Waals surface area (Å²) in [7, 11) is 0. The molecule has 1 aromatic heterocycles. The van der Waals surface area contributed by atoms with Crippen LogP contribution in [0.15, 0.2) is 18.5 Å². The molecule has 0 bridgehead atoms. The third-order valence-corrected chi connectivity index (χ3v) is 1.91. The van der Waals surface area contributed by atoms with E-state index in [0.29, 0.717) is 5.56 Å². The van der Waals surface area contributed by atoms with Gasteiger partial charge in [0.15, 0.2) is 5.78 Å². The largest absolute Gasteiger partial charge is 0.481 e. The number of carbonyl (C=O) groups is 2. The number of hydrogen-bond donors (Lipinski definition) is 1. The normalized spacial score (nSPS) is 9.79. The lowest BCUT2D eigenvalue weighted by Gasteiger charge is -2.01. The number of ketones is 1. The van der Waals surface area contributed by atoms with E-state index in [-0.39, 0.29) is 18.6 Å². The topological polar surface area (TPSA) is 67.3 Å². The Morgan fingerprint density at radius 1 is 1.43 bits per heavy atom. The Labute approximate surface area is 81.6 Å². The molecule has 0 saturated carbocycles. The van der Waals surface area contributed by atoms with Crippen molar-refractivity contribution in [1.29, 1.82) is 0 Å². The second kappa shape index (κ2) is 4.50. The van der Waals surface area contributed by atoms with Crippen molar-refractivity contribution in [3.8, 4) is 0 Å². The summed E-state index contributed by atoms with van der Waals surface area (Å²) < 4.78 is 0. The highest BCUT2D eigenvalue weighted by atomic mass is 16.4. The van der Waals surface area contributed by atoms with Gasteiger partial charge in [-0.3, -0.25) is 14.6 Å². The van der Waals surface area contributed by atoms with Crippen LogP contribution in [0.4, 0.5) is 0 Å². The Kier molecular flexibility index (Phi) is 3.34. The van der Waals surface area contributed by atoms with Crippen LogP contribution in [-0.4, -0.2) is 21.8 Å². The van der Waals surface area contributed by atoms with Gasteiger partial charge in [0.1, 0.15) is 0 Å². The van der Waals surface area contributed by atoms with Gasteiger partial charge in [-0.15, -0.1) is 0 Å². The Morgan fingerprint density at radius 2 is 2.14 bits per heavy atom. The van der Waals surface area contributed by atoms with Crippen LogP contribution in [0.2, 0.25) is 0 Å². The molecule has 0 radical (unpaired) electrons. The minimum Gasteiger partial charge on any atom is -0.481 e. The van der Waals surface area contributed by atoms with Gasteiger partial charge in [-0.2, -0.15) is 0 Å². The molecule has 4 heteroatoms. The van der Waals surface area contributed by atoms with Crippen LogP contribution in [0.25, 0.3) is 0 Å². The summed E-state index contributed by atoms with van der Waals surface area (Å²) in [6.07, 6.45) is 2.97. The van der Waals surface area contributed by atoms with Crippen molar-refractivity contribution in [2.24, 2.45) is 0 Å². The van der Waals surface area contributed by atoms with Crippen molar-refractivity contribution in [2.45, 2.75) is 19.8 Å². The fraction of sp³-hybridized carbons (Fsp3) is 0.300. The summed E-state index contributed by atoms with van der Waals surface area (Å²) in [6.45, 7) is 1.80. The molecule has 74 valence electrons. The maximum absolute atomic E-state index is 11.5. The van der Waals surface area contributed by atoms with Crippen LogP contribution >= 0.6 is 0 Å². The summed E-state index contributed by atoms with van der Waals surface area (Å²) >= 11 is 0. The molecule has 1 N–H and O–H groups in total. The number of carbonyl (C=O) groups excluding carboxylic acids is 1. The summed E-state index contributed by atoms with van der Waals surface area (Å²) in [5.74, 6) is -1.13. The number of carboxylic acid groups (broad SMARTS) is 1. The summed E-state index contributed by atoms with van der Waals surface area (Å²) in [6, 6.07) is 1.73. The monoisotopic (exact) mass is 193 g/mol. The molecule has 0 amide bonds. The molecule has 0 unspecified atom stereocenters. The van der Waals surface area contributed by atoms with Gasteiger partial charge in [-0.05, 0) is 18.6 Å². The zero-order valence-corrected chi connectivity index (χ0v) is 7.86. The zero-order valence-electron chi connectivity index (χ0n) is 7.86. The molecular formula is C10H11NO3. The van der Waals surface area contributed by atoms with Crippen molar-refractivity contribution in [3.63, 3.8) is 0 Å². The molecule has 1 aromatic rings. The van der Waals surface area contributed by atoms with Gasteiger partial charge < -0.3 is 5.11 Å². The SMILES string of the molecule is Cc1ccncc1C(=O)CCC(=O)O. The lowest BCUT2D eigenvalue weighted by Crippen LogP contribution is -2.05. The molecular weight excluding hydrogens is 182 g/mol. The van der Waals surface area contributed by atoms with Gasteiger partial charge in [0.05, 0.1) is 6.42 Å². The molecule has 0 aliphatic carbocycles. The fourth-order valence-corrected chi connectivity index (χ4v) is 1.11. The molecule has 0 fully saturated rings. The van der Waals surface area contributed by atoms with Crippen molar-refractivity contribution >= 4 is 11.8 Å². The minimum absolute atomic E-state index is 0.0296. The number of aromatic nitrogens is 1. The van der Waals surface area contributed by atoms with Crippen LogP contribution in [0, 0.1) is 6.92 Å². The van der Waals surface area contributed by atoms with Crippen LogP contribution < -0.4 is 0 Å². The van der Waals surface area contributed by atoms with Crippen molar-refractivity contribution in [3.05, 3.63) is 29.6 Å². The predicted octanol–water partition coefficient (Wildman–Crippen LogP) is 1.44. The maximum Gasteiger partial charge on any atom is 0.303 e. The maximum atomic E-state index is 11.5. The van der Waals surface area contributed by atoms with E-state index in [4.69, 9.17) is 5.11 Å². The molecule has 4 nitrogen and oxygen atoms in total. The van der Waals surface area contributed by atoms with E-state index in [1.54, 1.807) is 19.2 Å². The van der Waals surface area contributed by atoms with E-state index in [1.807, 2.05) is 0 Å². The highest BCUT2D eigenvalue weighted by Gasteiger charge is 2.10. The quantitative estimate of drug-likeness (QED) is 0.734. The highest BCUT2D eigenvalue weighted by Crippen LogP contribution is 2.09. The van der Waals surface area contributed by atoms with Crippen molar-refractivity contribution in [2.75, 3.05) is 0 Å². The first-order chi connectivity index (χ1) is 6.61. The molecule has 0 spiro atoms. The Morgan fingerprint density at radius 3 is 2.71 bits per heavy atom. The van der Waals surface area contributed by atoms with Gasteiger partial charge in [0.25, 0.3) is 0 Å². The standard InChI is InChI=1S/C10H11NO3/c1-7-4-5-11-6-8(7)9(12)2-3-10(13)14/h4-6H,2-3H2,1H3,(H,13,14). The third-order valence-electron chi connectivity index (χ3n) is 1.91. The molecule has 14 heavy (non-hydrogen) atoms. The van der Waals surface area contributed by atoms with E-state index in [1.165, 1.54) is 6.20 Å². The van der Waals surface area contributed by atoms with E-state index >= 15 is 0 Å². The molecule has 0 saturated heterocycles. The average molecular weight is 193 g/mol. The summed E-state index contributed by atoms with van der Waals surface area (Å²) in [5.41, 5.74) is 1.34. The molecule has 1 heterocycles. The van der Waals surface area contributed by atoms with Crippen LogP contribution in [0.5, 0.6) is 0 Å². The molecule has 0 aliphatic heterocycles. The van der Waals surface area contributed by atoms with Gasteiger partial charge >= 0.3 is 5.97 Å². The first-order valence-corrected chi connectivity index (χ1v) is 4.27. The molecule has 0 aromatic carbocycles. The predicted molar refractivity (Wildman–Crippen MR) is 50.2 cm³/mol. The number of nitrogens with zero attached hydrogens (tertiary/aromatic N) is 1.